The third-order valence-corrected chi connectivity index (χ3v) is 1.94. The lowest BCUT2D eigenvalue weighted by Gasteiger charge is -1.97. The van der Waals surface area contributed by atoms with Crippen molar-refractivity contribution < 1.29 is 5.11 Å². The summed E-state index contributed by atoms with van der Waals surface area (Å²) in [6.07, 6.45) is 13.0. The van der Waals surface area contributed by atoms with Gasteiger partial charge >= 0.3 is 0 Å². The number of hydrogen-bond donors (Lipinski definition) is 1. The largest absolute Gasteiger partial charge is 0.396 e. The molecule has 0 amide bonds. The number of aliphatic hydroxyl groups excluding tert-OH is 1. The SMILES string of the molecule is C=C/C=C(\C=C/CCCO)CC=C(C)C. The third kappa shape index (κ3) is 9.23. The summed E-state index contributed by atoms with van der Waals surface area (Å²) in [5, 5.41) is 8.64. The van der Waals surface area contributed by atoms with Gasteiger partial charge in [0.25, 0.3) is 0 Å². The molecule has 0 atom stereocenters. The van der Waals surface area contributed by atoms with Gasteiger partial charge in [-0.2, -0.15) is 0 Å². The van der Waals surface area contributed by atoms with Gasteiger partial charge in [-0.15, -0.1) is 0 Å². The predicted molar refractivity (Wildman–Crippen MR) is 67.8 cm³/mol. The van der Waals surface area contributed by atoms with E-state index >= 15 is 0 Å². The molecule has 0 aliphatic carbocycles. The monoisotopic (exact) mass is 206 g/mol. The number of hydrogen-bond acceptors (Lipinski definition) is 1. The summed E-state index contributed by atoms with van der Waals surface area (Å²) in [6.45, 7) is 8.16. The molecular weight excluding hydrogens is 184 g/mol. The van der Waals surface area contributed by atoms with Gasteiger partial charge in [-0.3, -0.25) is 0 Å². The topological polar surface area (TPSA) is 20.2 Å². The molecule has 1 N–H and O–H groups in total. The van der Waals surface area contributed by atoms with Crippen LogP contribution in [0.3, 0.4) is 0 Å². The van der Waals surface area contributed by atoms with Crippen LogP contribution in [0.15, 0.2) is 48.1 Å². The van der Waals surface area contributed by atoms with Gasteiger partial charge < -0.3 is 5.11 Å². The van der Waals surface area contributed by atoms with Crippen molar-refractivity contribution in [3.8, 4) is 0 Å². The van der Waals surface area contributed by atoms with E-state index in [-0.39, 0.29) is 6.61 Å². The lowest BCUT2D eigenvalue weighted by molar-refractivity contribution is 0.289. The summed E-state index contributed by atoms with van der Waals surface area (Å²) >= 11 is 0. The zero-order valence-corrected chi connectivity index (χ0v) is 9.87. The number of aliphatic hydroxyl groups is 1. The zero-order chi connectivity index (χ0) is 11.5. The minimum Gasteiger partial charge on any atom is -0.396 e. The first-order chi connectivity index (χ1) is 7.20. The van der Waals surface area contributed by atoms with Crippen LogP contribution in [-0.2, 0) is 0 Å². The summed E-state index contributed by atoms with van der Waals surface area (Å²) < 4.78 is 0. The first-order valence-electron chi connectivity index (χ1n) is 5.43. The van der Waals surface area contributed by atoms with Gasteiger partial charge in [-0.25, -0.2) is 0 Å². The molecule has 0 rings (SSSR count). The first kappa shape index (κ1) is 13.9. The van der Waals surface area contributed by atoms with E-state index in [1.165, 1.54) is 11.1 Å². The maximum absolute atomic E-state index is 8.64. The van der Waals surface area contributed by atoms with Crippen molar-refractivity contribution >= 4 is 0 Å². The van der Waals surface area contributed by atoms with Crippen molar-refractivity contribution in [3.05, 3.63) is 48.1 Å². The highest BCUT2D eigenvalue weighted by Crippen LogP contribution is 2.08. The van der Waals surface area contributed by atoms with Crippen molar-refractivity contribution in [2.75, 3.05) is 6.61 Å². The van der Waals surface area contributed by atoms with Crippen molar-refractivity contribution in [1.29, 1.82) is 0 Å². The van der Waals surface area contributed by atoms with E-state index in [0.717, 1.165) is 19.3 Å². The lowest BCUT2D eigenvalue weighted by Crippen LogP contribution is -1.80. The molecule has 84 valence electrons. The van der Waals surface area contributed by atoms with Crippen LogP contribution in [0.4, 0.5) is 0 Å². The highest BCUT2D eigenvalue weighted by molar-refractivity contribution is 5.25. The fourth-order valence-electron chi connectivity index (χ4n) is 1.11. The molecule has 0 fully saturated rings. The van der Waals surface area contributed by atoms with E-state index in [4.69, 9.17) is 5.11 Å². The highest BCUT2D eigenvalue weighted by Gasteiger charge is 1.88. The summed E-state index contributed by atoms with van der Waals surface area (Å²) in [6, 6.07) is 0. The number of rotatable bonds is 7. The standard InChI is InChI=1S/C14H22O/c1-4-8-14(11-10-13(2)3)9-6-5-7-12-15/h4,6,8-10,15H,1,5,7,11-12H2,2-3H3/b9-6-,14-8+. The van der Waals surface area contributed by atoms with Crippen LogP contribution in [0.5, 0.6) is 0 Å². The van der Waals surface area contributed by atoms with Crippen LogP contribution in [0.2, 0.25) is 0 Å². The third-order valence-electron chi connectivity index (χ3n) is 1.94. The Bertz CT molecular complexity index is 253. The Labute approximate surface area is 93.5 Å². The number of allylic oxidation sites excluding steroid dienone is 7. The Morgan fingerprint density at radius 3 is 2.60 bits per heavy atom. The van der Waals surface area contributed by atoms with Crippen molar-refractivity contribution in [2.45, 2.75) is 33.1 Å². The summed E-state index contributed by atoms with van der Waals surface area (Å²) in [7, 11) is 0. The van der Waals surface area contributed by atoms with Crippen molar-refractivity contribution in [2.24, 2.45) is 0 Å². The zero-order valence-electron chi connectivity index (χ0n) is 9.87. The maximum Gasteiger partial charge on any atom is 0.0433 e. The van der Waals surface area contributed by atoms with Crippen LogP contribution in [0.1, 0.15) is 33.1 Å². The molecule has 0 aromatic heterocycles. The van der Waals surface area contributed by atoms with E-state index in [1.54, 1.807) is 0 Å². The van der Waals surface area contributed by atoms with Gasteiger partial charge in [0.1, 0.15) is 0 Å². The smallest absolute Gasteiger partial charge is 0.0433 e. The van der Waals surface area contributed by atoms with E-state index in [0.29, 0.717) is 0 Å². The van der Waals surface area contributed by atoms with Crippen LogP contribution < -0.4 is 0 Å². The highest BCUT2D eigenvalue weighted by atomic mass is 16.2. The van der Waals surface area contributed by atoms with Crippen molar-refractivity contribution in [1.82, 2.24) is 0 Å². The molecule has 0 saturated heterocycles. The summed E-state index contributed by atoms with van der Waals surface area (Å²) in [4.78, 5) is 0. The second kappa shape index (κ2) is 9.47. The molecule has 0 radical (unpaired) electrons. The van der Waals surface area contributed by atoms with E-state index in [2.05, 4.69) is 38.7 Å². The Morgan fingerprint density at radius 1 is 1.33 bits per heavy atom. The van der Waals surface area contributed by atoms with Crippen LogP contribution in [-0.4, -0.2) is 11.7 Å². The molecule has 0 aliphatic heterocycles. The van der Waals surface area contributed by atoms with Gasteiger partial charge in [0.05, 0.1) is 0 Å². The van der Waals surface area contributed by atoms with Crippen molar-refractivity contribution in [3.63, 3.8) is 0 Å². The minimum atomic E-state index is 0.263. The van der Waals surface area contributed by atoms with Crippen LogP contribution >= 0.6 is 0 Å². The molecule has 1 heteroatoms. The summed E-state index contributed by atoms with van der Waals surface area (Å²) in [5.41, 5.74) is 2.58. The van der Waals surface area contributed by atoms with Gasteiger partial charge in [0.15, 0.2) is 0 Å². The molecule has 0 aromatic carbocycles. The number of unbranched alkanes of at least 4 members (excludes halogenated alkanes) is 1. The predicted octanol–water partition coefficient (Wildman–Crippen LogP) is 3.78. The summed E-state index contributed by atoms with van der Waals surface area (Å²) in [5.74, 6) is 0. The van der Waals surface area contributed by atoms with E-state index in [1.807, 2.05) is 12.2 Å². The lowest BCUT2D eigenvalue weighted by atomic mass is 10.1. The molecule has 0 unspecified atom stereocenters. The average molecular weight is 206 g/mol. The molecule has 0 saturated carbocycles. The van der Waals surface area contributed by atoms with Crippen LogP contribution in [0.25, 0.3) is 0 Å². The fraction of sp³-hybridized carbons (Fsp3) is 0.429. The Morgan fingerprint density at radius 2 is 2.07 bits per heavy atom. The Balaban J connectivity index is 4.17. The fourth-order valence-corrected chi connectivity index (χ4v) is 1.11. The van der Waals surface area contributed by atoms with Gasteiger partial charge in [-0.1, -0.05) is 42.5 Å². The first-order valence-corrected chi connectivity index (χ1v) is 5.43. The van der Waals surface area contributed by atoms with Gasteiger partial charge in [0.2, 0.25) is 0 Å². The average Bonchev–Trinajstić information content (AvgIpc) is 2.20. The second-order valence-corrected chi connectivity index (χ2v) is 3.73. The molecule has 15 heavy (non-hydrogen) atoms. The molecule has 0 aliphatic rings. The van der Waals surface area contributed by atoms with E-state index in [9.17, 15) is 0 Å². The van der Waals surface area contributed by atoms with Gasteiger partial charge in [0, 0.05) is 6.61 Å². The van der Waals surface area contributed by atoms with Crippen LogP contribution in [0, 0.1) is 0 Å². The Kier molecular flexibility index (Phi) is 8.79. The quantitative estimate of drug-likeness (QED) is 0.382. The molecule has 0 spiro atoms. The molecule has 1 nitrogen and oxygen atoms in total. The van der Waals surface area contributed by atoms with Gasteiger partial charge in [-0.05, 0) is 38.7 Å². The molecule has 0 bridgehead atoms. The molecule has 0 aromatic rings. The normalized spacial score (nSPS) is 11.8. The maximum atomic E-state index is 8.64. The minimum absolute atomic E-state index is 0.263. The molecular formula is C14H22O. The van der Waals surface area contributed by atoms with E-state index < -0.39 is 0 Å². The second-order valence-electron chi connectivity index (χ2n) is 3.73. The Hall–Kier alpha value is -1.08. The molecule has 0 heterocycles.